The number of halogens is 1. The van der Waals surface area contributed by atoms with Crippen molar-refractivity contribution in [2.24, 2.45) is 5.10 Å². The fourth-order valence-corrected chi connectivity index (χ4v) is 1.87. The van der Waals surface area contributed by atoms with Gasteiger partial charge in [-0.2, -0.15) is 5.10 Å². The van der Waals surface area contributed by atoms with Gasteiger partial charge < -0.3 is 4.74 Å². The predicted molar refractivity (Wildman–Crippen MR) is 86.9 cm³/mol. The fraction of sp³-hybridized carbons (Fsp3) is 0.133. The molecule has 0 saturated carbocycles. The maximum atomic E-state index is 11.0. The van der Waals surface area contributed by atoms with Gasteiger partial charge in [-0.15, -0.1) is 0 Å². The molecule has 0 bridgehead atoms. The number of ether oxygens (including phenoxy) is 1. The highest BCUT2D eigenvalue weighted by Crippen LogP contribution is 2.27. The lowest BCUT2D eigenvalue weighted by atomic mass is 10.2. The van der Waals surface area contributed by atoms with E-state index in [1.165, 1.54) is 12.3 Å². The molecule has 1 N–H and O–H groups in total. The third-order valence-corrected chi connectivity index (χ3v) is 2.98. The van der Waals surface area contributed by atoms with Gasteiger partial charge in [-0.25, -0.2) is 0 Å². The van der Waals surface area contributed by atoms with Crippen LogP contribution in [0.2, 0.25) is 5.02 Å². The molecule has 114 valence electrons. The number of hydrogen-bond acceptors (Lipinski definition) is 5. The number of nitro benzene ring substituents is 1. The van der Waals surface area contributed by atoms with Crippen molar-refractivity contribution < 1.29 is 9.66 Å². The summed E-state index contributed by atoms with van der Waals surface area (Å²) >= 11 is 5.79. The molecule has 2 aromatic carbocycles. The molecule has 22 heavy (non-hydrogen) atoms. The van der Waals surface area contributed by atoms with Gasteiger partial charge in [0, 0.05) is 16.7 Å². The Morgan fingerprint density at radius 3 is 2.68 bits per heavy atom. The Kier molecular flexibility index (Phi) is 5.32. The third-order valence-electron chi connectivity index (χ3n) is 2.73. The molecule has 0 aliphatic heterocycles. The Morgan fingerprint density at radius 1 is 1.32 bits per heavy atom. The van der Waals surface area contributed by atoms with Crippen LogP contribution < -0.4 is 10.2 Å². The Morgan fingerprint density at radius 2 is 2.05 bits per heavy atom. The molecule has 0 spiro atoms. The van der Waals surface area contributed by atoms with Gasteiger partial charge >= 0.3 is 5.69 Å². The van der Waals surface area contributed by atoms with Crippen molar-refractivity contribution in [1.82, 2.24) is 0 Å². The zero-order chi connectivity index (χ0) is 15.9. The minimum Gasteiger partial charge on any atom is -0.487 e. The fourth-order valence-electron chi connectivity index (χ4n) is 1.74. The molecule has 0 atom stereocenters. The van der Waals surface area contributed by atoms with Crippen LogP contribution in [0.3, 0.4) is 0 Å². The summed E-state index contributed by atoms with van der Waals surface area (Å²) in [4.78, 5) is 10.6. The zero-order valence-electron chi connectivity index (χ0n) is 11.8. The van der Waals surface area contributed by atoms with E-state index in [9.17, 15) is 10.1 Å². The van der Waals surface area contributed by atoms with Crippen molar-refractivity contribution >= 4 is 29.2 Å². The minimum absolute atomic E-state index is 0.0858. The third kappa shape index (κ3) is 4.20. The Hall–Kier alpha value is -2.60. The lowest BCUT2D eigenvalue weighted by molar-refractivity contribution is -0.385. The van der Waals surface area contributed by atoms with Crippen LogP contribution in [0.15, 0.2) is 47.6 Å². The summed E-state index contributed by atoms with van der Waals surface area (Å²) < 4.78 is 5.22. The van der Waals surface area contributed by atoms with Crippen LogP contribution >= 0.6 is 11.6 Å². The van der Waals surface area contributed by atoms with Gasteiger partial charge in [0.15, 0.2) is 5.75 Å². The second kappa shape index (κ2) is 7.42. The topological polar surface area (TPSA) is 76.8 Å². The highest BCUT2D eigenvalue weighted by molar-refractivity contribution is 6.30. The molecule has 2 rings (SSSR count). The number of rotatable bonds is 6. The van der Waals surface area contributed by atoms with Gasteiger partial charge in [-0.3, -0.25) is 15.5 Å². The summed E-state index contributed by atoms with van der Waals surface area (Å²) in [6.45, 7) is 2.14. The molecular weight excluding hydrogens is 306 g/mol. The van der Waals surface area contributed by atoms with Gasteiger partial charge in [0.05, 0.1) is 23.4 Å². The number of nitrogens with zero attached hydrogens (tertiary/aromatic N) is 2. The van der Waals surface area contributed by atoms with Crippen molar-refractivity contribution in [1.29, 1.82) is 0 Å². The molecule has 0 aliphatic carbocycles. The Balaban J connectivity index is 2.12. The summed E-state index contributed by atoms with van der Waals surface area (Å²) in [5, 5.41) is 15.7. The van der Waals surface area contributed by atoms with E-state index < -0.39 is 4.92 Å². The summed E-state index contributed by atoms with van der Waals surface area (Å²) in [6, 6.07) is 11.7. The average molecular weight is 320 g/mol. The van der Waals surface area contributed by atoms with Crippen molar-refractivity contribution in [2.45, 2.75) is 6.92 Å². The quantitative estimate of drug-likeness (QED) is 0.494. The Bertz CT molecular complexity index is 687. The van der Waals surface area contributed by atoms with Gasteiger partial charge in [0.25, 0.3) is 0 Å². The standard InChI is InChI=1S/C15H14ClN3O3/c1-2-22-15-8-3-11(9-14(15)19(20)21)10-17-18-13-6-4-12(16)5-7-13/h3-10,18H,2H2,1H3/b17-10+. The maximum Gasteiger partial charge on any atom is 0.311 e. The van der Waals surface area contributed by atoms with Crippen LogP contribution in [-0.2, 0) is 0 Å². The molecule has 2 aromatic rings. The summed E-state index contributed by atoms with van der Waals surface area (Å²) in [5.41, 5.74) is 4.09. The lowest BCUT2D eigenvalue weighted by Crippen LogP contribution is -1.99. The highest BCUT2D eigenvalue weighted by Gasteiger charge is 2.14. The zero-order valence-corrected chi connectivity index (χ0v) is 12.6. The average Bonchev–Trinajstić information content (AvgIpc) is 2.50. The Labute approximate surface area is 132 Å². The second-order valence-corrected chi connectivity index (χ2v) is 4.73. The van der Waals surface area contributed by atoms with Crippen molar-refractivity contribution in [3.63, 3.8) is 0 Å². The molecule has 0 aromatic heterocycles. The number of benzene rings is 2. The molecule has 0 radical (unpaired) electrons. The van der Waals surface area contributed by atoms with E-state index in [4.69, 9.17) is 16.3 Å². The first-order chi connectivity index (χ1) is 10.6. The van der Waals surface area contributed by atoms with Crippen LogP contribution in [-0.4, -0.2) is 17.7 Å². The SMILES string of the molecule is CCOc1ccc(/C=N/Nc2ccc(Cl)cc2)cc1[N+](=O)[O-]. The van der Waals surface area contributed by atoms with E-state index in [1.807, 2.05) is 0 Å². The number of hydrogen-bond donors (Lipinski definition) is 1. The van der Waals surface area contributed by atoms with Crippen LogP contribution in [0.25, 0.3) is 0 Å². The van der Waals surface area contributed by atoms with E-state index in [-0.39, 0.29) is 11.4 Å². The van der Waals surface area contributed by atoms with E-state index >= 15 is 0 Å². The van der Waals surface area contributed by atoms with Crippen LogP contribution in [0.1, 0.15) is 12.5 Å². The number of nitro groups is 1. The van der Waals surface area contributed by atoms with Gasteiger partial charge in [0.1, 0.15) is 0 Å². The molecule has 0 saturated heterocycles. The van der Waals surface area contributed by atoms with Gasteiger partial charge in [-0.05, 0) is 43.3 Å². The highest BCUT2D eigenvalue weighted by atomic mass is 35.5. The summed E-state index contributed by atoms with van der Waals surface area (Å²) in [5.74, 6) is 0.246. The first kappa shape index (κ1) is 15.8. The molecule has 6 nitrogen and oxygen atoms in total. The minimum atomic E-state index is -0.477. The van der Waals surface area contributed by atoms with Crippen LogP contribution in [0.4, 0.5) is 11.4 Å². The molecule has 0 amide bonds. The van der Waals surface area contributed by atoms with Crippen LogP contribution in [0, 0.1) is 10.1 Å². The summed E-state index contributed by atoms with van der Waals surface area (Å²) in [6.07, 6.45) is 1.50. The predicted octanol–water partition coefficient (Wildman–Crippen LogP) is 4.09. The van der Waals surface area contributed by atoms with Crippen molar-refractivity contribution in [3.05, 3.63) is 63.2 Å². The normalized spacial score (nSPS) is 10.6. The van der Waals surface area contributed by atoms with E-state index in [0.717, 1.165) is 5.69 Å². The van der Waals surface area contributed by atoms with Crippen LogP contribution in [0.5, 0.6) is 5.75 Å². The van der Waals surface area contributed by atoms with E-state index in [2.05, 4.69) is 10.5 Å². The smallest absolute Gasteiger partial charge is 0.311 e. The van der Waals surface area contributed by atoms with Gasteiger partial charge in [-0.1, -0.05) is 11.6 Å². The molecule has 0 aliphatic rings. The van der Waals surface area contributed by atoms with Crippen molar-refractivity contribution in [2.75, 3.05) is 12.0 Å². The van der Waals surface area contributed by atoms with E-state index in [0.29, 0.717) is 17.2 Å². The van der Waals surface area contributed by atoms with Gasteiger partial charge in [0.2, 0.25) is 0 Å². The molecule has 7 heteroatoms. The molecule has 0 heterocycles. The molecular formula is C15H14ClN3O3. The number of nitrogens with one attached hydrogen (secondary N) is 1. The molecule has 0 fully saturated rings. The lowest BCUT2D eigenvalue weighted by Gasteiger charge is -2.04. The maximum absolute atomic E-state index is 11.0. The first-order valence-electron chi connectivity index (χ1n) is 6.56. The largest absolute Gasteiger partial charge is 0.487 e. The summed E-state index contributed by atoms with van der Waals surface area (Å²) in [7, 11) is 0. The first-order valence-corrected chi connectivity index (χ1v) is 6.94. The molecule has 0 unspecified atom stereocenters. The van der Waals surface area contributed by atoms with Crippen molar-refractivity contribution in [3.8, 4) is 5.75 Å². The number of anilines is 1. The monoisotopic (exact) mass is 319 g/mol. The second-order valence-electron chi connectivity index (χ2n) is 4.29. The van der Waals surface area contributed by atoms with E-state index in [1.54, 1.807) is 43.3 Å². The number of hydrazone groups is 1.